The van der Waals surface area contributed by atoms with E-state index in [1.54, 1.807) is 0 Å². The Hall–Kier alpha value is -0.650. The molecular weight excluding hydrogens is 290 g/mol. The summed E-state index contributed by atoms with van der Waals surface area (Å²) < 4.78 is 5.88. The Morgan fingerprint density at radius 3 is 2.70 bits per heavy atom. The average Bonchev–Trinajstić information content (AvgIpc) is 2.55. The third-order valence-electron chi connectivity index (χ3n) is 6.74. The molecule has 0 aromatic rings. The lowest BCUT2D eigenvalue weighted by Gasteiger charge is -2.65. The number of hydrogen-bond acceptors (Lipinski definition) is 4. The summed E-state index contributed by atoms with van der Waals surface area (Å²) in [4.78, 5) is 15.2. The molecule has 5 nitrogen and oxygen atoms in total. The molecule has 3 rings (SSSR count). The summed E-state index contributed by atoms with van der Waals surface area (Å²) >= 11 is 0. The largest absolute Gasteiger partial charge is 0.377 e. The van der Waals surface area contributed by atoms with Gasteiger partial charge in [0, 0.05) is 24.5 Å². The highest BCUT2D eigenvalue weighted by atomic mass is 16.5. The molecule has 0 aromatic carbocycles. The molecule has 3 fully saturated rings. The van der Waals surface area contributed by atoms with Crippen molar-refractivity contribution in [2.24, 2.45) is 23.0 Å². The van der Waals surface area contributed by atoms with E-state index < -0.39 is 5.54 Å². The number of likely N-dealkylation sites (tertiary alicyclic amines) is 1. The van der Waals surface area contributed by atoms with Crippen LogP contribution < -0.4 is 11.1 Å². The monoisotopic (exact) mass is 323 g/mol. The van der Waals surface area contributed by atoms with E-state index in [9.17, 15) is 4.79 Å². The maximum Gasteiger partial charge on any atom is 0.241 e. The van der Waals surface area contributed by atoms with E-state index in [4.69, 9.17) is 10.5 Å². The molecule has 0 bridgehead atoms. The fourth-order valence-electron chi connectivity index (χ4n) is 4.92. The molecule has 1 saturated carbocycles. The Kier molecular flexibility index (Phi) is 4.73. The third kappa shape index (κ3) is 2.81. The van der Waals surface area contributed by atoms with Crippen molar-refractivity contribution in [2.75, 3.05) is 33.3 Å². The van der Waals surface area contributed by atoms with E-state index in [1.807, 2.05) is 0 Å². The van der Waals surface area contributed by atoms with Crippen LogP contribution in [-0.4, -0.2) is 55.7 Å². The first-order valence-corrected chi connectivity index (χ1v) is 9.24. The number of nitrogens with one attached hydrogen (secondary N) is 1. The minimum absolute atomic E-state index is 0.0298. The summed E-state index contributed by atoms with van der Waals surface area (Å²) in [5.41, 5.74) is 5.56. The maximum absolute atomic E-state index is 12.8. The zero-order valence-corrected chi connectivity index (χ0v) is 14.9. The van der Waals surface area contributed by atoms with Gasteiger partial charge in [-0.1, -0.05) is 13.8 Å². The number of rotatable bonds is 4. The Morgan fingerprint density at radius 2 is 2.00 bits per heavy atom. The van der Waals surface area contributed by atoms with E-state index in [-0.39, 0.29) is 23.3 Å². The predicted molar refractivity (Wildman–Crippen MR) is 91.0 cm³/mol. The third-order valence-corrected chi connectivity index (χ3v) is 6.74. The molecule has 2 heterocycles. The molecule has 5 heteroatoms. The van der Waals surface area contributed by atoms with Crippen LogP contribution in [0.2, 0.25) is 0 Å². The first-order valence-electron chi connectivity index (χ1n) is 9.24. The van der Waals surface area contributed by atoms with Gasteiger partial charge in [0.05, 0.1) is 6.10 Å². The van der Waals surface area contributed by atoms with E-state index in [1.165, 1.54) is 25.9 Å². The number of fused-ring (bicyclic) bond motifs is 1. The van der Waals surface area contributed by atoms with Crippen molar-refractivity contribution < 1.29 is 9.53 Å². The van der Waals surface area contributed by atoms with Crippen LogP contribution in [0.1, 0.15) is 46.0 Å². The molecule has 132 valence electrons. The number of nitrogens with two attached hydrogens (primary N) is 1. The second kappa shape index (κ2) is 6.34. The molecular formula is C18H33N3O2. The van der Waals surface area contributed by atoms with Crippen molar-refractivity contribution in [1.82, 2.24) is 10.2 Å². The minimum Gasteiger partial charge on any atom is -0.377 e. The van der Waals surface area contributed by atoms with Crippen LogP contribution in [0.5, 0.6) is 0 Å². The lowest BCUT2D eigenvalue weighted by atomic mass is 9.46. The van der Waals surface area contributed by atoms with E-state index >= 15 is 0 Å². The number of piperidine rings is 1. The molecule has 2 saturated heterocycles. The number of amides is 1. The number of hydrogen-bond donors (Lipinski definition) is 2. The number of carbonyl (C=O) groups excluding carboxylic acids is 1. The number of nitrogens with zero attached hydrogens (tertiary/aromatic N) is 1. The molecule has 0 radical (unpaired) electrons. The van der Waals surface area contributed by atoms with Crippen LogP contribution in [0.4, 0.5) is 0 Å². The van der Waals surface area contributed by atoms with Gasteiger partial charge in [0.2, 0.25) is 5.91 Å². The molecule has 3 unspecified atom stereocenters. The Labute approximate surface area is 140 Å². The highest BCUT2D eigenvalue weighted by molar-refractivity contribution is 5.89. The Morgan fingerprint density at radius 1 is 1.30 bits per heavy atom. The smallest absolute Gasteiger partial charge is 0.241 e. The second-order valence-corrected chi connectivity index (χ2v) is 8.42. The van der Waals surface area contributed by atoms with Gasteiger partial charge in [-0.2, -0.15) is 0 Å². The van der Waals surface area contributed by atoms with Gasteiger partial charge in [-0.05, 0) is 58.2 Å². The van der Waals surface area contributed by atoms with Crippen LogP contribution in [-0.2, 0) is 9.53 Å². The summed E-state index contributed by atoms with van der Waals surface area (Å²) in [7, 11) is 2.18. The van der Waals surface area contributed by atoms with Crippen LogP contribution in [0.3, 0.4) is 0 Å². The van der Waals surface area contributed by atoms with Crippen molar-refractivity contribution in [3.63, 3.8) is 0 Å². The summed E-state index contributed by atoms with van der Waals surface area (Å²) in [6, 6.07) is 0. The molecule has 3 N–H and O–H groups in total. The fraction of sp³-hybridized carbons (Fsp3) is 0.944. The molecule has 1 aliphatic carbocycles. The van der Waals surface area contributed by atoms with Gasteiger partial charge < -0.3 is 20.7 Å². The highest BCUT2D eigenvalue weighted by Gasteiger charge is 2.70. The predicted octanol–water partition coefficient (Wildman–Crippen LogP) is 1.37. The van der Waals surface area contributed by atoms with Gasteiger partial charge in [0.25, 0.3) is 0 Å². The summed E-state index contributed by atoms with van der Waals surface area (Å²) in [5, 5.41) is 3.14. The van der Waals surface area contributed by atoms with Gasteiger partial charge in [0.15, 0.2) is 0 Å². The lowest BCUT2D eigenvalue weighted by Crippen LogP contribution is -2.82. The van der Waals surface area contributed by atoms with Crippen molar-refractivity contribution in [3.8, 4) is 0 Å². The average molecular weight is 323 g/mol. The van der Waals surface area contributed by atoms with Crippen molar-refractivity contribution in [1.29, 1.82) is 0 Å². The number of carbonyl (C=O) groups is 1. The first kappa shape index (κ1) is 17.2. The van der Waals surface area contributed by atoms with E-state index in [0.717, 1.165) is 38.3 Å². The van der Waals surface area contributed by atoms with Crippen molar-refractivity contribution >= 4 is 5.91 Å². The van der Waals surface area contributed by atoms with Crippen LogP contribution in [0.25, 0.3) is 0 Å². The number of ether oxygens (including phenoxy) is 1. The van der Waals surface area contributed by atoms with Crippen LogP contribution in [0, 0.1) is 17.3 Å². The Bertz CT molecular complexity index is 446. The summed E-state index contributed by atoms with van der Waals surface area (Å²) in [6.45, 7) is 8.06. The summed E-state index contributed by atoms with van der Waals surface area (Å²) in [6.07, 6.45) is 5.71. The fourth-order valence-corrected chi connectivity index (χ4v) is 4.92. The topological polar surface area (TPSA) is 67.6 Å². The molecule has 3 atom stereocenters. The van der Waals surface area contributed by atoms with Crippen LogP contribution >= 0.6 is 0 Å². The standard InChI is InChI=1S/C18H33N3O2/c1-17(2)15-14(5-4-12-23-15)18(17,19)16(22)20-9-6-13-7-10-21(3)11-8-13/h13-15H,4-12,19H2,1-3H3,(H,20,22). The zero-order valence-electron chi connectivity index (χ0n) is 14.9. The normalized spacial score (nSPS) is 37.7. The van der Waals surface area contributed by atoms with Gasteiger partial charge in [-0.25, -0.2) is 0 Å². The van der Waals surface area contributed by atoms with Crippen LogP contribution in [0.15, 0.2) is 0 Å². The van der Waals surface area contributed by atoms with Gasteiger partial charge in [-0.3, -0.25) is 4.79 Å². The van der Waals surface area contributed by atoms with E-state index in [2.05, 4.69) is 31.1 Å². The van der Waals surface area contributed by atoms with Crippen molar-refractivity contribution in [3.05, 3.63) is 0 Å². The molecule has 2 aliphatic heterocycles. The maximum atomic E-state index is 12.8. The highest BCUT2D eigenvalue weighted by Crippen LogP contribution is 2.57. The molecule has 23 heavy (non-hydrogen) atoms. The molecule has 0 aromatic heterocycles. The van der Waals surface area contributed by atoms with Gasteiger partial charge in [0.1, 0.15) is 5.54 Å². The second-order valence-electron chi connectivity index (χ2n) is 8.42. The SMILES string of the molecule is CN1CCC(CCNC(=O)C2(N)C3CCCOC3C2(C)C)CC1. The van der Waals surface area contributed by atoms with Crippen molar-refractivity contribution in [2.45, 2.75) is 57.6 Å². The quantitative estimate of drug-likeness (QED) is 0.820. The first-order chi connectivity index (χ1) is 10.9. The molecule has 0 spiro atoms. The van der Waals surface area contributed by atoms with Gasteiger partial charge >= 0.3 is 0 Å². The summed E-state index contributed by atoms with van der Waals surface area (Å²) in [5.74, 6) is 0.942. The Balaban J connectivity index is 1.51. The zero-order chi connectivity index (χ0) is 16.7. The lowest BCUT2D eigenvalue weighted by molar-refractivity contribution is -0.225. The van der Waals surface area contributed by atoms with Gasteiger partial charge in [-0.15, -0.1) is 0 Å². The minimum atomic E-state index is -0.773. The molecule has 1 amide bonds. The van der Waals surface area contributed by atoms with E-state index in [0.29, 0.717) is 0 Å². The molecule has 3 aliphatic rings.